The van der Waals surface area contributed by atoms with E-state index < -0.39 is 11.3 Å². The average molecular weight is 372 g/mol. The summed E-state index contributed by atoms with van der Waals surface area (Å²) in [4.78, 5) is 10.9. The molecule has 5 nitrogen and oxygen atoms in total. The molecule has 2 aromatic rings. The zero-order valence-electron chi connectivity index (χ0n) is 13.9. The van der Waals surface area contributed by atoms with Crippen LogP contribution in [0.5, 0.6) is 0 Å². The summed E-state index contributed by atoms with van der Waals surface area (Å²) in [6.45, 7) is 1.96. The smallest absolute Gasteiger partial charge is 0.224 e. The lowest BCUT2D eigenvalue weighted by atomic mass is 10.1. The first-order chi connectivity index (χ1) is 12.1. The molecule has 0 bridgehead atoms. The van der Waals surface area contributed by atoms with Crippen LogP contribution in [-0.4, -0.2) is 44.5 Å². The van der Waals surface area contributed by atoms with Gasteiger partial charge in [0.05, 0.1) is 33.4 Å². The quantitative estimate of drug-likeness (QED) is 0.641. The first kappa shape index (κ1) is 16.8. The number of halogens is 1. The molecule has 0 saturated carbocycles. The molecule has 4 rings (SSSR count). The molecule has 1 fully saturated rings. The van der Waals surface area contributed by atoms with Gasteiger partial charge in [0.2, 0.25) is 5.28 Å². The van der Waals surface area contributed by atoms with Crippen molar-refractivity contribution >= 4 is 33.3 Å². The number of benzene rings is 1. The van der Waals surface area contributed by atoms with E-state index in [-0.39, 0.29) is 5.28 Å². The highest BCUT2D eigenvalue weighted by Gasteiger charge is 2.43. The molecule has 2 N–H and O–H groups in total. The highest BCUT2D eigenvalue weighted by Crippen LogP contribution is 2.39. The third kappa shape index (κ3) is 3.03. The van der Waals surface area contributed by atoms with Gasteiger partial charge in [-0.3, -0.25) is 0 Å². The number of hydrogen-bond acceptors (Lipinski definition) is 5. The molecular formula is C18H20ClN4OSi. The van der Waals surface area contributed by atoms with Crippen molar-refractivity contribution < 1.29 is 5.11 Å². The van der Waals surface area contributed by atoms with Crippen molar-refractivity contribution in [3.63, 3.8) is 0 Å². The van der Waals surface area contributed by atoms with Crippen LogP contribution in [0.3, 0.4) is 0 Å². The van der Waals surface area contributed by atoms with Crippen molar-refractivity contribution in [2.45, 2.75) is 36.9 Å². The van der Waals surface area contributed by atoms with Gasteiger partial charge in [-0.15, -0.1) is 0 Å². The fourth-order valence-corrected chi connectivity index (χ4v) is 4.37. The maximum Gasteiger partial charge on any atom is 0.224 e. The zero-order chi connectivity index (χ0) is 17.4. The fourth-order valence-electron chi connectivity index (χ4n) is 3.77. The topological polar surface area (TPSA) is 61.3 Å². The van der Waals surface area contributed by atoms with Crippen LogP contribution in [0.2, 0.25) is 5.28 Å². The van der Waals surface area contributed by atoms with Crippen molar-refractivity contribution in [1.29, 1.82) is 0 Å². The van der Waals surface area contributed by atoms with E-state index in [0.29, 0.717) is 12.2 Å². The summed E-state index contributed by atoms with van der Waals surface area (Å²) < 4.78 is 0. The van der Waals surface area contributed by atoms with E-state index in [1.165, 1.54) is 6.42 Å². The highest BCUT2D eigenvalue weighted by atomic mass is 35.5. The SMILES string of the molecule is OC1Cc2ccccc2C1([Si])Nc1nc(Cl)ncc1N1CCCCC1. The minimum absolute atomic E-state index is 0.194. The monoisotopic (exact) mass is 371 g/mol. The highest BCUT2D eigenvalue weighted by molar-refractivity contribution is 6.28. The van der Waals surface area contributed by atoms with Crippen LogP contribution in [0.1, 0.15) is 30.4 Å². The van der Waals surface area contributed by atoms with E-state index >= 15 is 0 Å². The van der Waals surface area contributed by atoms with Gasteiger partial charge in [0.1, 0.15) is 0 Å². The minimum Gasteiger partial charge on any atom is -0.390 e. The molecular weight excluding hydrogens is 352 g/mol. The van der Waals surface area contributed by atoms with Gasteiger partial charge in [0, 0.05) is 19.5 Å². The number of aromatic nitrogens is 2. The van der Waals surface area contributed by atoms with E-state index in [4.69, 9.17) is 11.6 Å². The van der Waals surface area contributed by atoms with Gasteiger partial charge in [0.25, 0.3) is 0 Å². The van der Waals surface area contributed by atoms with Crippen molar-refractivity contribution in [2.75, 3.05) is 23.3 Å². The van der Waals surface area contributed by atoms with Crippen LogP contribution >= 0.6 is 11.6 Å². The van der Waals surface area contributed by atoms with Crippen LogP contribution in [0.4, 0.5) is 11.5 Å². The second-order valence-electron chi connectivity index (χ2n) is 6.73. The largest absolute Gasteiger partial charge is 0.390 e. The normalized spacial score (nSPS) is 25.7. The standard InChI is InChI=1S/C18H20ClN4OSi/c19-17-20-11-14(23-8-4-1-5-9-23)16(21-17)22-18(25)13-7-3-2-6-12(13)10-15(18)24/h2-3,6-7,11,15,24H,1,4-5,8-10H2,(H,20,21,22). The lowest BCUT2D eigenvalue weighted by Crippen LogP contribution is -2.45. The van der Waals surface area contributed by atoms with Crippen LogP contribution in [0.25, 0.3) is 0 Å². The predicted octanol–water partition coefficient (Wildman–Crippen LogP) is 2.47. The number of hydrogen-bond donors (Lipinski definition) is 2. The molecule has 1 aromatic carbocycles. The van der Waals surface area contributed by atoms with Crippen molar-refractivity contribution in [3.05, 3.63) is 46.9 Å². The first-order valence-corrected chi connectivity index (χ1v) is 9.53. The fraction of sp³-hybridized carbons (Fsp3) is 0.444. The molecule has 0 amide bonds. The van der Waals surface area contributed by atoms with Gasteiger partial charge in [-0.2, -0.15) is 4.98 Å². The third-order valence-electron chi connectivity index (χ3n) is 5.11. The van der Waals surface area contributed by atoms with E-state index in [9.17, 15) is 5.11 Å². The summed E-state index contributed by atoms with van der Waals surface area (Å²) in [6.07, 6.45) is 5.32. The van der Waals surface area contributed by atoms with Gasteiger partial charge in [-0.25, -0.2) is 4.98 Å². The molecule has 1 aromatic heterocycles. The number of piperidine rings is 1. The Labute approximate surface area is 155 Å². The maximum atomic E-state index is 10.7. The van der Waals surface area contributed by atoms with Crippen molar-refractivity contribution in [1.82, 2.24) is 9.97 Å². The van der Waals surface area contributed by atoms with E-state index in [1.54, 1.807) is 6.20 Å². The second kappa shape index (κ2) is 6.59. The molecule has 2 atom stereocenters. The van der Waals surface area contributed by atoms with E-state index in [0.717, 1.165) is 42.7 Å². The van der Waals surface area contributed by atoms with Crippen molar-refractivity contribution in [2.24, 2.45) is 0 Å². The summed E-state index contributed by atoms with van der Waals surface area (Å²) >= 11 is 6.06. The molecule has 129 valence electrons. The van der Waals surface area contributed by atoms with Gasteiger partial charge in [-0.05, 0) is 42.0 Å². The molecule has 1 aliphatic heterocycles. The Bertz CT molecular complexity index is 783. The zero-order valence-corrected chi connectivity index (χ0v) is 15.6. The van der Waals surface area contributed by atoms with Gasteiger partial charge < -0.3 is 15.3 Å². The van der Waals surface area contributed by atoms with Crippen LogP contribution in [-0.2, 0) is 11.6 Å². The number of fused-ring (bicyclic) bond motifs is 1. The van der Waals surface area contributed by atoms with E-state index in [2.05, 4.69) is 30.4 Å². The molecule has 7 heteroatoms. The summed E-state index contributed by atoms with van der Waals surface area (Å²) in [5.74, 6) is 0.646. The number of aliphatic hydroxyl groups excluding tert-OH is 1. The summed E-state index contributed by atoms with van der Waals surface area (Å²) in [7, 11) is 3.81. The Kier molecular flexibility index (Phi) is 4.43. The minimum atomic E-state index is -0.793. The number of anilines is 2. The second-order valence-corrected chi connectivity index (χ2v) is 7.86. The van der Waals surface area contributed by atoms with E-state index in [1.807, 2.05) is 24.3 Å². The molecule has 2 heterocycles. The number of rotatable bonds is 3. The molecule has 25 heavy (non-hydrogen) atoms. The Morgan fingerprint density at radius 2 is 2.00 bits per heavy atom. The Morgan fingerprint density at radius 3 is 2.80 bits per heavy atom. The molecule has 2 unspecified atom stereocenters. The van der Waals surface area contributed by atoms with Gasteiger partial charge in [-0.1, -0.05) is 24.3 Å². The van der Waals surface area contributed by atoms with Gasteiger partial charge in [0.15, 0.2) is 5.82 Å². The number of aliphatic hydroxyl groups is 1. The molecule has 1 aliphatic carbocycles. The van der Waals surface area contributed by atoms with Crippen molar-refractivity contribution in [3.8, 4) is 0 Å². The Morgan fingerprint density at radius 1 is 1.24 bits per heavy atom. The summed E-state index contributed by atoms with van der Waals surface area (Å²) in [5, 5.41) is 13.5. The average Bonchev–Trinajstić information content (AvgIpc) is 2.87. The molecule has 1 saturated heterocycles. The lowest BCUT2D eigenvalue weighted by molar-refractivity contribution is 0.149. The number of nitrogens with zero attached hydrogens (tertiary/aromatic N) is 3. The molecule has 2 aliphatic rings. The van der Waals surface area contributed by atoms with Gasteiger partial charge >= 0.3 is 0 Å². The lowest BCUT2D eigenvalue weighted by Gasteiger charge is -2.35. The number of nitrogens with one attached hydrogen (secondary N) is 1. The third-order valence-corrected chi connectivity index (χ3v) is 6.02. The summed E-state index contributed by atoms with van der Waals surface area (Å²) in [6, 6.07) is 8.03. The predicted molar refractivity (Wildman–Crippen MR) is 100 cm³/mol. The Balaban J connectivity index is 1.72. The molecule has 3 radical (unpaired) electrons. The van der Waals surface area contributed by atoms with Crippen LogP contribution in [0, 0.1) is 0 Å². The maximum absolute atomic E-state index is 10.7. The van der Waals surface area contributed by atoms with Crippen LogP contribution < -0.4 is 10.2 Å². The first-order valence-electron chi connectivity index (χ1n) is 8.65. The summed E-state index contributed by atoms with van der Waals surface area (Å²) in [5.41, 5.74) is 3.08. The Hall–Kier alpha value is -1.63. The molecule has 0 spiro atoms. The van der Waals surface area contributed by atoms with Crippen LogP contribution in [0.15, 0.2) is 30.5 Å².